The van der Waals surface area contributed by atoms with Crippen LogP contribution in [0.15, 0.2) is 0 Å². The highest BCUT2D eigenvalue weighted by Crippen LogP contribution is 2.11. The first kappa shape index (κ1) is 23.0. The molecule has 0 aromatic carbocycles. The zero-order chi connectivity index (χ0) is 19.7. The minimum absolute atomic E-state index is 0.0870. The fourth-order valence-electron chi connectivity index (χ4n) is 1.78. The van der Waals surface area contributed by atoms with Crippen molar-refractivity contribution >= 4 is 18.2 Å². The Morgan fingerprint density at radius 3 is 1.96 bits per heavy atom. The molecular formula is C17H32N2O6. The van der Waals surface area contributed by atoms with Gasteiger partial charge in [0.25, 0.3) is 0 Å². The van der Waals surface area contributed by atoms with Crippen molar-refractivity contribution in [2.45, 2.75) is 72.0 Å². The SMILES string of the molecule is CC(C)(C)OC(=O)NCCCCN(CCC(=O)O)C(=O)OC(C)(C)C. The van der Waals surface area contributed by atoms with Crippen molar-refractivity contribution in [2.75, 3.05) is 19.6 Å². The molecule has 0 saturated heterocycles. The molecule has 0 aromatic heterocycles. The van der Waals surface area contributed by atoms with Crippen LogP contribution in [-0.2, 0) is 14.3 Å². The number of alkyl carbamates (subject to hydrolysis) is 1. The highest BCUT2D eigenvalue weighted by molar-refractivity contribution is 5.71. The van der Waals surface area contributed by atoms with E-state index in [2.05, 4.69) is 5.32 Å². The predicted octanol–water partition coefficient (Wildman–Crippen LogP) is 3.00. The van der Waals surface area contributed by atoms with E-state index in [0.717, 1.165) is 0 Å². The highest BCUT2D eigenvalue weighted by atomic mass is 16.6. The lowest BCUT2D eigenvalue weighted by Crippen LogP contribution is -2.39. The number of carboxylic acids is 1. The van der Waals surface area contributed by atoms with Crippen molar-refractivity contribution in [2.24, 2.45) is 0 Å². The molecule has 0 bridgehead atoms. The van der Waals surface area contributed by atoms with Gasteiger partial charge < -0.3 is 24.8 Å². The number of rotatable bonds is 8. The maximum atomic E-state index is 12.1. The number of carboxylic acid groups (broad SMARTS) is 1. The highest BCUT2D eigenvalue weighted by Gasteiger charge is 2.22. The molecule has 0 aliphatic rings. The first-order valence-corrected chi connectivity index (χ1v) is 8.47. The lowest BCUT2D eigenvalue weighted by molar-refractivity contribution is -0.137. The Morgan fingerprint density at radius 1 is 0.920 bits per heavy atom. The third-order valence-corrected chi connectivity index (χ3v) is 2.77. The third kappa shape index (κ3) is 14.1. The molecule has 0 spiro atoms. The number of ether oxygens (including phenoxy) is 2. The van der Waals surface area contributed by atoms with E-state index in [1.165, 1.54) is 4.90 Å². The molecule has 0 saturated carbocycles. The second-order valence-electron chi connectivity index (χ2n) is 7.75. The van der Waals surface area contributed by atoms with Crippen molar-refractivity contribution < 1.29 is 29.0 Å². The summed E-state index contributed by atoms with van der Waals surface area (Å²) in [6.45, 7) is 11.5. The minimum Gasteiger partial charge on any atom is -0.481 e. The molecule has 0 heterocycles. The van der Waals surface area contributed by atoms with Crippen LogP contribution in [0.5, 0.6) is 0 Å². The number of hydrogen-bond acceptors (Lipinski definition) is 5. The first-order chi connectivity index (χ1) is 11.3. The van der Waals surface area contributed by atoms with Crippen LogP contribution in [0.4, 0.5) is 9.59 Å². The Morgan fingerprint density at radius 2 is 1.48 bits per heavy atom. The van der Waals surface area contributed by atoms with Gasteiger partial charge in [-0.15, -0.1) is 0 Å². The van der Waals surface area contributed by atoms with E-state index in [1.807, 2.05) is 0 Å². The summed E-state index contributed by atoms with van der Waals surface area (Å²) >= 11 is 0. The van der Waals surface area contributed by atoms with Gasteiger partial charge in [0.15, 0.2) is 0 Å². The summed E-state index contributed by atoms with van der Waals surface area (Å²) in [6.07, 6.45) is 0.0755. The largest absolute Gasteiger partial charge is 0.481 e. The number of aliphatic carboxylic acids is 1. The Labute approximate surface area is 149 Å². The van der Waals surface area contributed by atoms with E-state index < -0.39 is 29.4 Å². The number of carbonyl (C=O) groups excluding carboxylic acids is 2. The Balaban J connectivity index is 4.27. The molecule has 2 N–H and O–H groups in total. The monoisotopic (exact) mass is 360 g/mol. The van der Waals surface area contributed by atoms with Gasteiger partial charge in [0.05, 0.1) is 6.42 Å². The molecule has 0 aliphatic heterocycles. The van der Waals surface area contributed by atoms with E-state index in [0.29, 0.717) is 25.9 Å². The maximum absolute atomic E-state index is 12.1. The fraction of sp³-hybridized carbons (Fsp3) is 0.824. The van der Waals surface area contributed by atoms with Gasteiger partial charge in [-0.25, -0.2) is 9.59 Å². The molecule has 0 aliphatic carbocycles. The molecule has 2 amide bonds. The second kappa shape index (κ2) is 10.1. The number of hydrogen-bond donors (Lipinski definition) is 2. The van der Waals surface area contributed by atoms with Crippen LogP contribution in [0.25, 0.3) is 0 Å². The lowest BCUT2D eigenvalue weighted by Gasteiger charge is -2.27. The zero-order valence-electron chi connectivity index (χ0n) is 16.2. The smallest absolute Gasteiger partial charge is 0.410 e. The molecule has 25 heavy (non-hydrogen) atoms. The van der Waals surface area contributed by atoms with E-state index in [-0.39, 0.29) is 13.0 Å². The number of amides is 2. The Kier molecular flexibility index (Phi) is 9.30. The molecular weight excluding hydrogens is 328 g/mol. The van der Waals surface area contributed by atoms with Crippen molar-refractivity contribution in [1.29, 1.82) is 0 Å². The molecule has 0 radical (unpaired) electrons. The first-order valence-electron chi connectivity index (χ1n) is 8.47. The fourth-order valence-corrected chi connectivity index (χ4v) is 1.78. The number of nitrogens with zero attached hydrogens (tertiary/aromatic N) is 1. The van der Waals surface area contributed by atoms with Gasteiger partial charge in [-0.05, 0) is 54.4 Å². The number of nitrogens with one attached hydrogen (secondary N) is 1. The molecule has 0 atom stereocenters. The summed E-state index contributed by atoms with van der Waals surface area (Å²) in [5.74, 6) is -0.972. The average Bonchev–Trinajstić information content (AvgIpc) is 2.37. The minimum atomic E-state index is -0.972. The van der Waals surface area contributed by atoms with Gasteiger partial charge in [-0.3, -0.25) is 4.79 Å². The molecule has 8 nitrogen and oxygen atoms in total. The Hall–Kier alpha value is -1.99. The van der Waals surface area contributed by atoms with Crippen LogP contribution < -0.4 is 5.32 Å². The maximum Gasteiger partial charge on any atom is 0.410 e. The second-order valence-corrected chi connectivity index (χ2v) is 7.75. The van der Waals surface area contributed by atoms with Gasteiger partial charge in [-0.2, -0.15) is 0 Å². The Bertz CT molecular complexity index is 451. The normalized spacial score (nSPS) is 11.6. The lowest BCUT2D eigenvalue weighted by atomic mass is 10.2. The van der Waals surface area contributed by atoms with E-state index in [4.69, 9.17) is 14.6 Å². The number of carbonyl (C=O) groups is 3. The van der Waals surface area contributed by atoms with Crippen LogP contribution >= 0.6 is 0 Å². The molecule has 0 fully saturated rings. The average molecular weight is 360 g/mol. The van der Waals surface area contributed by atoms with Gasteiger partial charge in [0.1, 0.15) is 11.2 Å². The quantitative estimate of drug-likeness (QED) is 0.645. The topological polar surface area (TPSA) is 105 Å². The standard InChI is InChI=1S/C17H32N2O6/c1-16(2,3)24-14(22)18-10-7-8-11-19(12-9-13(20)21)15(23)25-17(4,5)6/h7-12H2,1-6H3,(H,18,22)(H,20,21). The van der Waals surface area contributed by atoms with Crippen molar-refractivity contribution in [3.8, 4) is 0 Å². The van der Waals surface area contributed by atoms with E-state index in [1.54, 1.807) is 41.5 Å². The predicted molar refractivity (Wildman–Crippen MR) is 93.5 cm³/mol. The van der Waals surface area contributed by atoms with Crippen LogP contribution in [0.2, 0.25) is 0 Å². The zero-order valence-corrected chi connectivity index (χ0v) is 16.2. The van der Waals surface area contributed by atoms with Crippen LogP contribution in [0.3, 0.4) is 0 Å². The van der Waals surface area contributed by atoms with Gasteiger partial charge in [-0.1, -0.05) is 0 Å². The summed E-state index contributed by atoms with van der Waals surface area (Å²) in [6, 6.07) is 0. The van der Waals surface area contributed by atoms with E-state index >= 15 is 0 Å². The molecule has 0 aromatic rings. The van der Waals surface area contributed by atoms with Gasteiger partial charge >= 0.3 is 18.2 Å². The molecule has 146 valence electrons. The molecule has 8 heteroatoms. The summed E-state index contributed by atoms with van der Waals surface area (Å²) in [4.78, 5) is 35.8. The van der Waals surface area contributed by atoms with Crippen LogP contribution in [0.1, 0.15) is 60.8 Å². The van der Waals surface area contributed by atoms with Crippen molar-refractivity contribution in [3.63, 3.8) is 0 Å². The van der Waals surface area contributed by atoms with Crippen molar-refractivity contribution in [1.82, 2.24) is 10.2 Å². The van der Waals surface area contributed by atoms with Crippen LogP contribution in [-0.4, -0.2) is 59.0 Å². The molecule has 0 unspecified atom stereocenters. The van der Waals surface area contributed by atoms with Crippen LogP contribution in [0, 0.1) is 0 Å². The summed E-state index contributed by atoms with van der Waals surface area (Å²) in [5, 5.41) is 11.4. The van der Waals surface area contributed by atoms with Crippen molar-refractivity contribution in [3.05, 3.63) is 0 Å². The third-order valence-electron chi connectivity index (χ3n) is 2.77. The summed E-state index contributed by atoms with van der Waals surface area (Å²) in [5.41, 5.74) is -1.19. The number of unbranched alkanes of at least 4 members (excludes halogenated alkanes) is 1. The van der Waals surface area contributed by atoms with Gasteiger partial charge in [0, 0.05) is 19.6 Å². The summed E-state index contributed by atoms with van der Waals surface area (Å²) in [7, 11) is 0. The summed E-state index contributed by atoms with van der Waals surface area (Å²) < 4.78 is 10.4. The molecule has 0 rings (SSSR count). The van der Waals surface area contributed by atoms with E-state index in [9.17, 15) is 14.4 Å². The van der Waals surface area contributed by atoms with Gasteiger partial charge in [0.2, 0.25) is 0 Å².